The molecule has 148 valence electrons. The van der Waals surface area contributed by atoms with Crippen LogP contribution in [0.4, 0.5) is 18.9 Å². The first-order valence-electron chi connectivity index (χ1n) is 8.63. The third-order valence-corrected chi connectivity index (χ3v) is 6.17. The molecule has 6 nitrogen and oxygen atoms in total. The number of nitriles is 1. The number of anilines is 1. The molecule has 1 aliphatic carbocycles. The fourth-order valence-corrected chi connectivity index (χ4v) is 4.71. The van der Waals surface area contributed by atoms with Crippen LogP contribution >= 0.6 is 11.8 Å². The lowest BCUT2D eigenvalue weighted by Crippen LogP contribution is -2.37. The summed E-state index contributed by atoms with van der Waals surface area (Å²) in [4.78, 5) is 20.4. The molecule has 2 aliphatic rings. The molecular weight excluding hydrogens is 403 g/mol. The molecule has 29 heavy (non-hydrogen) atoms. The number of benzene rings is 1. The number of amidine groups is 1. The number of carbonyl (C=O) groups is 1. The molecule has 4 rings (SSSR count). The lowest BCUT2D eigenvalue weighted by atomic mass is 9.85. The van der Waals surface area contributed by atoms with E-state index in [4.69, 9.17) is 11.0 Å². The largest absolute Gasteiger partial charge is 0.379 e. The summed E-state index contributed by atoms with van der Waals surface area (Å²) in [6.45, 7) is -1.04. The second-order valence-corrected chi connectivity index (χ2v) is 8.08. The molecule has 3 atom stereocenters. The number of pyridine rings is 1. The van der Waals surface area contributed by atoms with Gasteiger partial charge in [0, 0.05) is 34.7 Å². The van der Waals surface area contributed by atoms with Gasteiger partial charge < -0.3 is 11.1 Å². The number of amides is 1. The minimum absolute atomic E-state index is 0.00630. The zero-order valence-corrected chi connectivity index (χ0v) is 15.6. The molecule has 1 amide bonds. The van der Waals surface area contributed by atoms with E-state index in [1.807, 2.05) is 6.07 Å². The quantitative estimate of drug-likeness (QED) is 0.796. The zero-order valence-electron chi connectivity index (χ0n) is 14.8. The van der Waals surface area contributed by atoms with Crippen molar-refractivity contribution in [3.8, 4) is 6.07 Å². The van der Waals surface area contributed by atoms with Crippen LogP contribution < -0.4 is 11.1 Å². The number of hydrogen-bond acceptors (Lipinski definition) is 6. The van der Waals surface area contributed by atoms with Crippen molar-refractivity contribution < 1.29 is 18.0 Å². The van der Waals surface area contributed by atoms with Crippen molar-refractivity contribution in [1.29, 1.82) is 5.26 Å². The number of halogens is 3. The third-order valence-electron chi connectivity index (χ3n) is 5.01. The van der Waals surface area contributed by atoms with E-state index in [-0.39, 0.29) is 38.8 Å². The zero-order chi connectivity index (χ0) is 20.8. The average Bonchev–Trinajstić information content (AvgIpc) is 3.49. The van der Waals surface area contributed by atoms with E-state index in [9.17, 15) is 18.0 Å². The molecular formula is C19H14F3N5OS. The molecule has 0 saturated heterocycles. The van der Waals surface area contributed by atoms with Crippen LogP contribution in [0.5, 0.6) is 0 Å². The highest BCUT2D eigenvalue weighted by atomic mass is 32.2. The summed E-state index contributed by atoms with van der Waals surface area (Å²) in [6, 6.07) is 6.60. The van der Waals surface area contributed by atoms with Crippen molar-refractivity contribution in [1.82, 2.24) is 4.98 Å². The summed E-state index contributed by atoms with van der Waals surface area (Å²) >= 11 is 1.30. The first-order chi connectivity index (χ1) is 13.9. The molecule has 1 saturated carbocycles. The summed E-state index contributed by atoms with van der Waals surface area (Å²) in [5.74, 6) is -3.44. The Morgan fingerprint density at radius 3 is 2.86 bits per heavy atom. The van der Waals surface area contributed by atoms with E-state index >= 15 is 0 Å². The second kappa shape index (κ2) is 7.08. The van der Waals surface area contributed by atoms with Crippen LogP contribution in [-0.2, 0) is 5.54 Å². The van der Waals surface area contributed by atoms with Crippen molar-refractivity contribution in [3.63, 3.8) is 0 Å². The van der Waals surface area contributed by atoms with Crippen molar-refractivity contribution in [2.45, 2.75) is 17.2 Å². The van der Waals surface area contributed by atoms with E-state index in [2.05, 4.69) is 15.3 Å². The number of rotatable bonds is 4. The Hall–Kier alpha value is -3.06. The third kappa shape index (κ3) is 3.31. The van der Waals surface area contributed by atoms with Gasteiger partial charge in [-0.1, -0.05) is 11.8 Å². The predicted octanol–water partition coefficient (Wildman–Crippen LogP) is 3.10. The summed E-state index contributed by atoms with van der Waals surface area (Å²) in [7, 11) is 0. The Bertz CT molecular complexity index is 1070. The van der Waals surface area contributed by atoms with Crippen LogP contribution in [0, 0.1) is 28.9 Å². The monoisotopic (exact) mass is 417 g/mol. The second-order valence-electron chi connectivity index (χ2n) is 6.82. The van der Waals surface area contributed by atoms with Gasteiger partial charge in [0.05, 0.1) is 5.56 Å². The minimum Gasteiger partial charge on any atom is -0.379 e. The average molecular weight is 417 g/mol. The van der Waals surface area contributed by atoms with Gasteiger partial charge >= 0.3 is 0 Å². The maximum Gasteiger partial charge on any atom is 0.274 e. The van der Waals surface area contributed by atoms with Gasteiger partial charge in [-0.15, -0.1) is 0 Å². The molecule has 1 fully saturated rings. The Labute approximate surface area is 168 Å². The van der Waals surface area contributed by atoms with Gasteiger partial charge in [0.2, 0.25) is 0 Å². The molecule has 2 aromatic rings. The van der Waals surface area contributed by atoms with Crippen molar-refractivity contribution >= 4 is 28.5 Å². The van der Waals surface area contributed by atoms with Gasteiger partial charge in [-0.3, -0.25) is 4.79 Å². The van der Waals surface area contributed by atoms with Crippen LogP contribution in [0.25, 0.3) is 0 Å². The van der Waals surface area contributed by atoms with Gasteiger partial charge in [-0.25, -0.2) is 23.1 Å². The Kier molecular flexibility index (Phi) is 4.70. The highest BCUT2D eigenvalue weighted by Crippen LogP contribution is 2.58. The first kappa shape index (κ1) is 19.3. The number of fused-ring (bicyclic) bond motifs is 1. The fourth-order valence-electron chi connectivity index (χ4n) is 3.49. The normalized spacial score (nSPS) is 24.8. The van der Waals surface area contributed by atoms with Gasteiger partial charge in [-0.05, 0) is 24.6 Å². The number of nitrogens with zero attached hydrogens (tertiary/aromatic N) is 3. The Balaban J connectivity index is 1.70. The molecule has 10 heteroatoms. The Morgan fingerprint density at radius 1 is 1.41 bits per heavy atom. The highest BCUT2D eigenvalue weighted by molar-refractivity contribution is 8.14. The molecule has 2 heterocycles. The van der Waals surface area contributed by atoms with Crippen LogP contribution in [0.1, 0.15) is 28.0 Å². The van der Waals surface area contributed by atoms with E-state index in [1.54, 1.807) is 0 Å². The number of aliphatic imine (C=N–C) groups is 1. The van der Waals surface area contributed by atoms with Gasteiger partial charge in [0.15, 0.2) is 16.8 Å². The van der Waals surface area contributed by atoms with Crippen molar-refractivity contribution in [2.24, 2.45) is 16.6 Å². The molecule has 0 spiro atoms. The number of alkyl halides is 1. The van der Waals surface area contributed by atoms with E-state index in [0.717, 1.165) is 6.07 Å². The lowest BCUT2D eigenvalue weighted by molar-refractivity contribution is 0.102. The molecule has 3 N–H and O–H groups in total. The molecule has 1 aromatic carbocycles. The van der Waals surface area contributed by atoms with Crippen LogP contribution in [0.3, 0.4) is 0 Å². The summed E-state index contributed by atoms with van der Waals surface area (Å²) in [6.07, 6.45) is 1.81. The number of nitrogens with one attached hydrogen (secondary N) is 1. The first-order valence-corrected chi connectivity index (χ1v) is 9.51. The summed E-state index contributed by atoms with van der Waals surface area (Å²) in [5.41, 5.74) is 4.07. The van der Waals surface area contributed by atoms with Crippen molar-refractivity contribution in [2.75, 3.05) is 12.0 Å². The summed E-state index contributed by atoms with van der Waals surface area (Å²) < 4.78 is 43.1. The van der Waals surface area contributed by atoms with Crippen LogP contribution in [0.15, 0.2) is 35.5 Å². The number of thioether (sulfide) groups is 1. The van der Waals surface area contributed by atoms with Crippen LogP contribution in [0.2, 0.25) is 0 Å². The maximum atomic E-state index is 14.6. The number of aromatic nitrogens is 1. The number of nitrogens with two attached hydrogens (primary N) is 1. The molecule has 1 aromatic heterocycles. The lowest BCUT2D eigenvalue weighted by Gasteiger charge is -2.31. The minimum atomic E-state index is -1.61. The van der Waals surface area contributed by atoms with Crippen molar-refractivity contribution in [3.05, 3.63) is 58.9 Å². The fraction of sp³-hybridized carbons (Fsp3) is 0.263. The van der Waals surface area contributed by atoms with Gasteiger partial charge in [0.25, 0.3) is 5.91 Å². The standard InChI is InChI=1S/C19H14F3N5OS/c20-8-19(11-5-15(11)29-18(24)27-19)12-3-10(4-13(21)16(12)22)26-17(28)14-2-1-9(6-23)7-25-14/h1-4,7,11,15H,5,8H2,(H2,24,27)(H,26,28)/t11-,15+,19+/m1/s1. The smallest absolute Gasteiger partial charge is 0.274 e. The molecule has 0 unspecified atom stereocenters. The molecule has 0 bridgehead atoms. The maximum absolute atomic E-state index is 14.6. The SMILES string of the molecule is N#Cc1ccc(C(=O)Nc2cc(F)c(F)c([C@@]3(CF)N=C(N)S[C@H]4C[C@H]43)c2)nc1. The van der Waals surface area contributed by atoms with E-state index in [0.29, 0.717) is 6.42 Å². The predicted molar refractivity (Wildman–Crippen MR) is 102 cm³/mol. The topological polar surface area (TPSA) is 104 Å². The van der Waals surface area contributed by atoms with Crippen LogP contribution in [-0.4, -0.2) is 28.0 Å². The van der Waals surface area contributed by atoms with E-state index in [1.165, 1.54) is 36.2 Å². The molecule has 0 radical (unpaired) electrons. The van der Waals surface area contributed by atoms with Gasteiger partial charge in [0.1, 0.15) is 24.0 Å². The van der Waals surface area contributed by atoms with Gasteiger partial charge in [-0.2, -0.15) is 5.26 Å². The Morgan fingerprint density at radius 2 is 2.21 bits per heavy atom. The number of carbonyl (C=O) groups excluding carboxylic acids is 1. The van der Waals surface area contributed by atoms with E-state index < -0.39 is 29.8 Å². The number of hydrogen-bond donors (Lipinski definition) is 2. The summed E-state index contributed by atoms with van der Waals surface area (Å²) in [5, 5.41) is 11.3. The molecule has 1 aliphatic heterocycles. The highest BCUT2D eigenvalue weighted by Gasteiger charge is 2.58.